The van der Waals surface area contributed by atoms with Gasteiger partial charge in [-0.05, 0) is 23.6 Å². The van der Waals surface area contributed by atoms with Gasteiger partial charge in [-0.3, -0.25) is 4.90 Å². The lowest BCUT2D eigenvalue weighted by molar-refractivity contribution is -0.0669. The molecule has 23 heavy (non-hydrogen) atoms. The Balaban J connectivity index is 1.33. The molecule has 0 saturated carbocycles. The maximum Gasteiger partial charge on any atom is 0.122 e. The lowest BCUT2D eigenvalue weighted by atomic mass is 9.99. The predicted octanol–water partition coefficient (Wildman–Crippen LogP) is 1.56. The number of fused-ring (bicyclic) bond motifs is 4. The molecule has 2 atom stereocenters. The molecule has 5 rings (SSSR count). The van der Waals surface area contributed by atoms with E-state index in [1.165, 1.54) is 11.1 Å². The third-order valence-electron chi connectivity index (χ3n) is 5.17. The zero-order valence-corrected chi connectivity index (χ0v) is 13.0. The molecular weight excluding hydrogens is 292 g/mol. The Morgan fingerprint density at radius 2 is 2.30 bits per heavy atom. The van der Waals surface area contributed by atoms with Crippen molar-refractivity contribution in [2.24, 2.45) is 0 Å². The van der Waals surface area contributed by atoms with E-state index in [2.05, 4.69) is 38.1 Å². The topological polar surface area (TPSA) is 52.4 Å². The van der Waals surface area contributed by atoms with Gasteiger partial charge in [0.05, 0.1) is 37.3 Å². The Morgan fingerprint density at radius 3 is 3.30 bits per heavy atom. The lowest BCUT2D eigenvalue weighted by Crippen LogP contribution is -2.47. The van der Waals surface area contributed by atoms with Crippen LogP contribution in [-0.4, -0.2) is 45.7 Å². The molecule has 120 valence electrons. The molecule has 2 aromatic rings. The van der Waals surface area contributed by atoms with Crippen LogP contribution in [0.25, 0.3) is 0 Å². The highest BCUT2D eigenvalue weighted by atomic mass is 16.5. The normalized spacial score (nSPS) is 26.3. The first kappa shape index (κ1) is 13.5. The smallest absolute Gasteiger partial charge is 0.122 e. The molecule has 0 spiro atoms. The van der Waals surface area contributed by atoms with Crippen molar-refractivity contribution in [2.45, 2.75) is 38.1 Å². The van der Waals surface area contributed by atoms with Crippen LogP contribution in [0.4, 0.5) is 0 Å². The quantitative estimate of drug-likeness (QED) is 0.842. The molecule has 0 amide bonds. The molecule has 1 saturated heterocycles. The van der Waals surface area contributed by atoms with Crippen LogP contribution >= 0.6 is 0 Å². The molecule has 1 aromatic carbocycles. The maximum absolute atomic E-state index is 5.98. The molecule has 6 heteroatoms. The van der Waals surface area contributed by atoms with Gasteiger partial charge in [0, 0.05) is 26.1 Å². The first-order valence-electron chi connectivity index (χ1n) is 8.34. The van der Waals surface area contributed by atoms with E-state index in [0.717, 1.165) is 50.5 Å². The fourth-order valence-electron chi connectivity index (χ4n) is 3.98. The number of hydrogen-bond donors (Lipinski definition) is 0. The Hall–Kier alpha value is -1.92. The summed E-state index contributed by atoms with van der Waals surface area (Å²) in [6.07, 6.45) is 4.17. The number of rotatable bonds is 2. The van der Waals surface area contributed by atoms with E-state index in [1.807, 2.05) is 6.20 Å². The average molecular weight is 312 g/mol. The second kappa shape index (κ2) is 5.32. The van der Waals surface area contributed by atoms with Crippen LogP contribution < -0.4 is 4.74 Å². The highest BCUT2D eigenvalue weighted by Crippen LogP contribution is 2.31. The number of hydrogen-bond acceptors (Lipinski definition) is 5. The van der Waals surface area contributed by atoms with Crippen LogP contribution in [-0.2, 0) is 24.3 Å². The van der Waals surface area contributed by atoms with Crippen LogP contribution in [0, 0.1) is 0 Å². The Kier molecular flexibility index (Phi) is 3.12. The van der Waals surface area contributed by atoms with Crippen molar-refractivity contribution in [3.63, 3.8) is 0 Å². The van der Waals surface area contributed by atoms with Gasteiger partial charge in [-0.1, -0.05) is 17.3 Å². The van der Waals surface area contributed by atoms with E-state index in [1.54, 1.807) is 0 Å². The second-order valence-corrected chi connectivity index (χ2v) is 6.65. The molecule has 3 aliphatic rings. The minimum Gasteiger partial charge on any atom is -0.493 e. The number of ether oxygens (including phenoxy) is 2. The molecule has 0 unspecified atom stereocenters. The molecule has 0 bridgehead atoms. The second-order valence-electron chi connectivity index (χ2n) is 6.65. The van der Waals surface area contributed by atoms with Gasteiger partial charge in [0.15, 0.2) is 0 Å². The minimum absolute atomic E-state index is 0.272. The SMILES string of the molecule is c1cc2c(cc1CN1CC[C@@H]3OCc4cnnn4[C@@H]3C1)CCO2. The van der Waals surface area contributed by atoms with Gasteiger partial charge in [0.2, 0.25) is 0 Å². The van der Waals surface area contributed by atoms with E-state index in [0.29, 0.717) is 6.61 Å². The Morgan fingerprint density at radius 1 is 1.30 bits per heavy atom. The van der Waals surface area contributed by atoms with Gasteiger partial charge in [-0.25, -0.2) is 4.68 Å². The summed E-state index contributed by atoms with van der Waals surface area (Å²) in [4.78, 5) is 2.50. The van der Waals surface area contributed by atoms with Crippen LogP contribution in [0.3, 0.4) is 0 Å². The van der Waals surface area contributed by atoms with Crippen molar-refractivity contribution in [1.29, 1.82) is 0 Å². The van der Waals surface area contributed by atoms with Crippen molar-refractivity contribution >= 4 is 0 Å². The first-order chi connectivity index (χ1) is 11.4. The molecule has 0 aliphatic carbocycles. The fraction of sp³-hybridized carbons (Fsp3) is 0.529. The third-order valence-corrected chi connectivity index (χ3v) is 5.17. The lowest BCUT2D eigenvalue weighted by Gasteiger charge is -2.41. The summed E-state index contributed by atoms with van der Waals surface area (Å²) in [6, 6.07) is 6.89. The highest BCUT2D eigenvalue weighted by molar-refractivity contribution is 5.39. The van der Waals surface area contributed by atoms with E-state index in [-0.39, 0.29) is 12.1 Å². The number of likely N-dealkylation sites (tertiary alicyclic amines) is 1. The van der Waals surface area contributed by atoms with Crippen molar-refractivity contribution < 1.29 is 9.47 Å². The van der Waals surface area contributed by atoms with E-state index < -0.39 is 0 Å². The summed E-state index contributed by atoms with van der Waals surface area (Å²) in [7, 11) is 0. The standard InChI is InChI=1S/C17H20N4O2/c1-2-16-13(4-6-22-16)7-12(1)9-20-5-3-17-15(10-20)21-14(11-23-17)8-18-19-21/h1-2,7-8,15,17H,3-6,9-11H2/t15-,17+/m1/s1. The van der Waals surface area contributed by atoms with Gasteiger partial charge >= 0.3 is 0 Å². The molecule has 3 aliphatic heterocycles. The summed E-state index contributed by atoms with van der Waals surface area (Å²) >= 11 is 0. The van der Waals surface area contributed by atoms with Gasteiger partial charge < -0.3 is 9.47 Å². The molecular formula is C17H20N4O2. The number of benzene rings is 1. The summed E-state index contributed by atoms with van der Waals surface area (Å²) < 4.78 is 13.6. The van der Waals surface area contributed by atoms with E-state index in [4.69, 9.17) is 9.47 Å². The predicted molar refractivity (Wildman–Crippen MR) is 83.2 cm³/mol. The fourth-order valence-corrected chi connectivity index (χ4v) is 3.98. The van der Waals surface area contributed by atoms with Gasteiger partial charge in [-0.15, -0.1) is 5.10 Å². The zero-order chi connectivity index (χ0) is 15.2. The van der Waals surface area contributed by atoms with Crippen molar-refractivity contribution in [3.8, 4) is 5.75 Å². The molecule has 4 heterocycles. The zero-order valence-electron chi connectivity index (χ0n) is 13.0. The molecule has 6 nitrogen and oxygen atoms in total. The van der Waals surface area contributed by atoms with Gasteiger partial charge in [0.1, 0.15) is 5.75 Å². The number of aromatic nitrogens is 3. The summed E-state index contributed by atoms with van der Waals surface area (Å²) in [5.41, 5.74) is 3.79. The number of nitrogens with zero attached hydrogens (tertiary/aromatic N) is 4. The summed E-state index contributed by atoms with van der Waals surface area (Å²) in [5.74, 6) is 1.06. The monoisotopic (exact) mass is 312 g/mol. The van der Waals surface area contributed by atoms with Gasteiger partial charge in [-0.2, -0.15) is 0 Å². The van der Waals surface area contributed by atoms with Crippen LogP contribution in [0.15, 0.2) is 24.4 Å². The van der Waals surface area contributed by atoms with Crippen molar-refractivity contribution in [3.05, 3.63) is 41.2 Å². The van der Waals surface area contributed by atoms with Crippen LogP contribution in [0.1, 0.15) is 29.3 Å². The first-order valence-corrected chi connectivity index (χ1v) is 8.34. The third kappa shape index (κ3) is 2.33. The van der Waals surface area contributed by atoms with Crippen LogP contribution in [0.5, 0.6) is 5.75 Å². The van der Waals surface area contributed by atoms with Crippen LogP contribution in [0.2, 0.25) is 0 Å². The highest BCUT2D eigenvalue weighted by Gasteiger charge is 2.36. The molecule has 0 N–H and O–H groups in total. The Labute approximate surface area is 135 Å². The van der Waals surface area contributed by atoms with Gasteiger partial charge in [0.25, 0.3) is 0 Å². The van der Waals surface area contributed by atoms with E-state index >= 15 is 0 Å². The van der Waals surface area contributed by atoms with Crippen molar-refractivity contribution in [1.82, 2.24) is 19.9 Å². The molecule has 0 radical (unpaired) electrons. The molecule has 1 fully saturated rings. The maximum atomic E-state index is 5.98. The summed E-state index contributed by atoms with van der Waals surface area (Å²) in [6.45, 7) is 4.46. The summed E-state index contributed by atoms with van der Waals surface area (Å²) in [5, 5.41) is 8.32. The van der Waals surface area contributed by atoms with Crippen molar-refractivity contribution in [2.75, 3.05) is 19.7 Å². The largest absolute Gasteiger partial charge is 0.493 e. The number of piperidine rings is 1. The van der Waals surface area contributed by atoms with E-state index in [9.17, 15) is 0 Å². The molecule has 1 aromatic heterocycles. The Bertz CT molecular complexity index is 729. The average Bonchev–Trinajstić information content (AvgIpc) is 3.23. The minimum atomic E-state index is 0.272.